The van der Waals surface area contributed by atoms with Crippen LogP contribution in [0.1, 0.15) is 6.42 Å². The van der Waals surface area contributed by atoms with E-state index in [4.69, 9.17) is 5.73 Å². The molecule has 0 radical (unpaired) electrons. The van der Waals surface area contributed by atoms with Crippen LogP contribution in [0.3, 0.4) is 0 Å². The highest BCUT2D eigenvalue weighted by atomic mass is 19.4. The summed E-state index contributed by atoms with van der Waals surface area (Å²) < 4.78 is 38.7. The van der Waals surface area contributed by atoms with Crippen molar-refractivity contribution in [3.05, 3.63) is 0 Å². The Kier molecular flexibility index (Phi) is 2.77. The first-order chi connectivity index (χ1) is 5.88. The number of amides is 1. The van der Waals surface area contributed by atoms with Gasteiger partial charge < -0.3 is 11.1 Å². The number of carbonyl (C=O) groups excluding carboxylic acids is 1. The van der Waals surface area contributed by atoms with Crippen molar-refractivity contribution in [2.24, 2.45) is 5.73 Å². The van der Waals surface area contributed by atoms with Gasteiger partial charge in [-0.05, 0) is 6.42 Å². The van der Waals surface area contributed by atoms with Crippen LogP contribution in [0.2, 0.25) is 0 Å². The molecule has 0 bridgehead atoms. The van der Waals surface area contributed by atoms with Crippen molar-refractivity contribution in [1.29, 1.82) is 0 Å². The second kappa shape index (κ2) is 3.51. The average Bonchev–Trinajstić information content (AvgIpc) is 2.31. The zero-order chi connectivity index (χ0) is 10.1. The van der Waals surface area contributed by atoms with E-state index < -0.39 is 24.4 Å². The Hall–Kier alpha value is -0.820. The van der Waals surface area contributed by atoms with E-state index in [9.17, 15) is 18.0 Å². The van der Waals surface area contributed by atoms with E-state index in [0.717, 1.165) is 0 Å². The van der Waals surface area contributed by atoms with E-state index in [-0.39, 0.29) is 13.0 Å². The lowest BCUT2D eigenvalue weighted by Gasteiger charge is -2.12. The van der Waals surface area contributed by atoms with Gasteiger partial charge in [0, 0.05) is 6.54 Å². The van der Waals surface area contributed by atoms with Crippen LogP contribution < -0.4 is 11.1 Å². The molecule has 1 aliphatic heterocycles. The van der Waals surface area contributed by atoms with E-state index in [1.807, 2.05) is 0 Å². The highest BCUT2D eigenvalue weighted by molar-refractivity contribution is 5.80. The number of primary amides is 1. The minimum absolute atomic E-state index is 0.00683. The van der Waals surface area contributed by atoms with Gasteiger partial charge in [-0.1, -0.05) is 0 Å². The molecule has 0 unspecified atom stereocenters. The fraction of sp³-hybridized carbons (Fsp3) is 0.833. The van der Waals surface area contributed by atoms with Gasteiger partial charge in [0.1, 0.15) is 0 Å². The molecule has 0 aliphatic carbocycles. The number of hydrogen-bond donors (Lipinski definition) is 2. The number of hydrogen-bond acceptors (Lipinski definition) is 3. The number of halogens is 3. The lowest BCUT2D eigenvalue weighted by Crippen LogP contribution is -2.36. The Bertz CT molecular complexity index is 207. The van der Waals surface area contributed by atoms with E-state index in [1.165, 1.54) is 0 Å². The Morgan fingerprint density at radius 1 is 1.54 bits per heavy atom. The van der Waals surface area contributed by atoms with Crippen molar-refractivity contribution in [1.82, 2.24) is 5.32 Å². The summed E-state index contributed by atoms with van der Waals surface area (Å²) in [5.74, 6) is -0.659. The normalized spacial score (nSPS) is 29.2. The first-order valence-electron chi connectivity index (χ1n) is 3.66. The number of carbonyl (C=O) groups is 1. The van der Waals surface area contributed by atoms with Crippen LogP contribution in [0.25, 0.3) is 0 Å². The molecule has 1 amide bonds. The monoisotopic (exact) mass is 198 g/mol. The molecule has 1 rings (SSSR count). The van der Waals surface area contributed by atoms with Gasteiger partial charge >= 0.3 is 6.36 Å². The van der Waals surface area contributed by atoms with Crippen molar-refractivity contribution in [2.75, 3.05) is 6.54 Å². The van der Waals surface area contributed by atoms with E-state index in [0.29, 0.717) is 0 Å². The Balaban J connectivity index is 2.38. The van der Waals surface area contributed by atoms with Gasteiger partial charge in [0.15, 0.2) is 0 Å². The molecule has 2 atom stereocenters. The molecule has 76 valence electrons. The number of nitrogens with two attached hydrogens (primary N) is 1. The standard InChI is InChI=1S/C6H9F3N2O2/c7-6(8,9)13-3-1-4(5(10)12)11-2-3/h3-4,11H,1-2H2,(H2,10,12)/t3-,4-/m0/s1. The van der Waals surface area contributed by atoms with Crippen LogP contribution in [0.15, 0.2) is 0 Å². The van der Waals surface area contributed by atoms with Crippen LogP contribution in [0, 0.1) is 0 Å². The van der Waals surface area contributed by atoms with Gasteiger partial charge in [-0.2, -0.15) is 0 Å². The highest BCUT2D eigenvalue weighted by Gasteiger charge is 2.38. The summed E-state index contributed by atoms with van der Waals surface area (Å²) in [5, 5.41) is 2.53. The molecule has 3 N–H and O–H groups in total. The SMILES string of the molecule is NC(=O)[C@@H]1C[C@H](OC(F)(F)F)CN1. The Labute approximate surface area is 72.2 Å². The molecule has 0 spiro atoms. The summed E-state index contributed by atoms with van der Waals surface area (Å²) in [6, 6.07) is -0.715. The topological polar surface area (TPSA) is 64.4 Å². The number of nitrogens with one attached hydrogen (secondary N) is 1. The minimum Gasteiger partial charge on any atom is -0.368 e. The van der Waals surface area contributed by atoms with Crippen molar-refractivity contribution in [2.45, 2.75) is 24.9 Å². The number of rotatable bonds is 2. The maximum Gasteiger partial charge on any atom is 0.522 e. The Morgan fingerprint density at radius 3 is 2.54 bits per heavy atom. The van der Waals surface area contributed by atoms with Crippen molar-refractivity contribution >= 4 is 5.91 Å². The number of alkyl halides is 3. The molecule has 1 heterocycles. The summed E-state index contributed by atoms with van der Waals surface area (Å²) in [4.78, 5) is 10.5. The van der Waals surface area contributed by atoms with E-state index in [2.05, 4.69) is 10.1 Å². The molecular weight excluding hydrogens is 189 g/mol. The zero-order valence-corrected chi connectivity index (χ0v) is 6.60. The molecule has 1 fully saturated rings. The van der Waals surface area contributed by atoms with E-state index >= 15 is 0 Å². The summed E-state index contributed by atoms with van der Waals surface area (Å²) in [5.41, 5.74) is 4.89. The molecule has 7 heteroatoms. The molecule has 0 aromatic rings. The predicted octanol–water partition coefficient (Wildman–Crippen LogP) is -0.261. The molecule has 4 nitrogen and oxygen atoms in total. The van der Waals surface area contributed by atoms with Crippen LogP contribution in [0.4, 0.5) is 13.2 Å². The summed E-state index contributed by atoms with van der Waals surface area (Å²) in [6.45, 7) is -0.00683. The Morgan fingerprint density at radius 2 is 2.15 bits per heavy atom. The largest absolute Gasteiger partial charge is 0.522 e. The molecule has 13 heavy (non-hydrogen) atoms. The van der Waals surface area contributed by atoms with Crippen molar-refractivity contribution < 1.29 is 22.7 Å². The third-order valence-electron chi connectivity index (χ3n) is 1.73. The van der Waals surface area contributed by atoms with Crippen molar-refractivity contribution in [3.63, 3.8) is 0 Å². The fourth-order valence-electron chi connectivity index (χ4n) is 1.20. The molecule has 1 saturated heterocycles. The van der Waals surface area contributed by atoms with Gasteiger partial charge in [0.2, 0.25) is 5.91 Å². The van der Waals surface area contributed by atoms with Gasteiger partial charge in [-0.3, -0.25) is 9.53 Å². The van der Waals surface area contributed by atoms with Crippen LogP contribution in [0.5, 0.6) is 0 Å². The molecule has 0 saturated carbocycles. The first-order valence-corrected chi connectivity index (χ1v) is 3.66. The highest BCUT2D eigenvalue weighted by Crippen LogP contribution is 2.22. The van der Waals surface area contributed by atoms with Gasteiger partial charge in [-0.15, -0.1) is 13.2 Å². The lowest BCUT2D eigenvalue weighted by molar-refractivity contribution is -0.340. The summed E-state index contributed by atoms with van der Waals surface area (Å²) >= 11 is 0. The second-order valence-electron chi connectivity index (χ2n) is 2.78. The maximum absolute atomic E-state index is 11.7. The van der Waals surface area contributed by atoms with Gasteiger partial charge in [0.25, 0.3) is 0 Å². The average molecular weight is 198 g/mol. The predicted molar refractivity (Wildman–Crippen MR) is 36.5 cm³/mol. The summed E-state index contributed by atoms with van der Waals surface area (Å²) in [7, 11) is 0. The zero-order valence-electron chi connectivity index (χ0n) is 6.60. The number of ether oxygens (including phenoxy) is 1. The van der Waals surface area contributed by atoms with Crippen molar-refractivity contribution in [3.8, 4) is 0 Å². The second-order valence-corrected chi connectivity index (χ2v) is 2.78. The van der Waals surface area contributed by atoms with Gasteiger partial charge in [0.05, 0.1) is 12.1 Å². The maximum atomic E-state index is 11.7. The summed E-state index contributed by atoms with van der Waals surface area (Å²) in [6.07, 6.45) is -5.70. The lowest BCUT2D eigenvalue weighted by atomic mass is 10.2. The molecule has 0 aromatic carbocycles. The molecule has 0 aromatic heterocycles. The van der Waals surface area contributed by atoms with Gasteiger partial charge in [-0.25, -0.2) is 0 Å². The van der Waals surface area contributed by atoms with Crippen LogP contribution in [-0.2, 0) is 9.53 Å². The van der Waals surface area contributed by atoms with Crippen LogP contribution >= 0.6 is 0 Å². The fourth-order valence-corrected chi connectivity index (χ4v) is 1.20. The van der Waals surface area contributed by atoms with Crippen LogP contribution in [-0.4, -0.2) is 31.0 Å². The quantitative estimate of drug-likeness (QED) is 0.642. The third-order valence-corrected chi connectivity index (χ3v) is 1.73. The molecular formula is C6H9F3N2O2. The molecule has 1 aliphatic rings. The third kappa shape index (κ3) is 3.19. The smallest absolute Gasteiger partial charge is 0.368 e. The minimum atomic E-state index is -4.65. The van der Waals surface area contributed by atoms with E-state index in [1.54, 1.807) is 0 Å². The first kappa shape index (κ1) is 10.3.